The van der Waals surface area contributed by atoms with Gasteiger partial charge < -0.3 is 10.2 Å². The molecule has 0 unspecified atom stereocenters. The SMILES string of the molecule is Nc1ccc(SCc2ccoc2)cc1Cl. The van der Waals surface area contributed by atoms with Crippen molar-refractivity contribution in [3.8, 4) is 0 Å². The predicted octanol–water partition coefficient (Wildman–Crippen LogP) is 3.81. The normalized spacial score (nSPS) is 10.5. The molecule has 0 fully saturated rings. The van der Waals surface area contributed by atoms with Gasteiger partial charge >= 0.3 is 0 Å². The van der Waals surface area contributed by atoms with Crippen LogP contribution in [-0.4, -0.2) is 0 Å². The molecular weight excluding hydrogens is 230 g/mol. The lowest BCUT2D eigenvalue weighted by molar-refractivity contribution is 0.565. The number of hydrogen-bond acceptors (Lipinski definition) is 3. The maximum absolute atomic E-state index is 5.92. The van der Waals surface area contributed by atoms with Crippen LogP contribution in [0.15, 0.2) is 46.1 Å². The molecule has 0 atom stereocenters. The first kappa shape index (κ1) is 10.5. The Morgan fingerprint density at radius 3 is 2.87 bits per heavy atom. The van der Waals surface area contributed by atoms with Gasteiger partial charge in [-0.3, -0.25) is 0 Å². The molecule has 0 bridgehead atoms. The highest BCUT2D eigenvalue weighted by Crippen LogP contribution is 2.28. The summed E-state index contributed by atoms with van der Waals surface area (Å²) in [5.41, 5.74) is 7.40. The number of hydrogen-bond donors (Lipinski definition) is 1. The molecule has 0 aliphatic carbocycles. The van der Waals surface area contributed by atoms with E-state index >= 15 is 0 Å². The van der Waals surface area contributed by atoms with Crippen molar-refractivity contribution in [1.29, 1.82) is 0 Å². The van der Waals surface area contributed by atoms with Gasteiger partial charge in [-0.05, 0) is 24.3 Å². The van der Waals surface area contributed by atoms with E-state index in [0.29, 0.717) is 10.7 Å². The van der Waals surface area contributed by atoms with E-state index < -0.39 is 0 Å². The zero-order valence-corrected chi connectivity index (χ0v) is 9.52. The number of benzene rings is 1. The minimum atomic E-state index is 0.604. The van der Waals surface area contributed by atoms with E-state index in [0.717, 1.165) is 16.2 Å². The van der Waals surface area contributed by atoms with Gasteiger partial charge in [0.15, 0.2) is 0 Å². The molecule has 0 spiro atoms. The zero-order valence-electron chi connectivity index (χ0n) is 7.94. The summed E-state index contributed by atoms with van der Waals surface area (Å²) in [4.78, 5) is 1.11. The summed E-state index contributed by atoms with van der Waals surface area (Å²) in [5, 5.41) is 0.604. The quantitative estimate of drug-likeness (QED) is 0.654. The summed E-state index contributed by atoms with van der Waals surface area (Å²) in [6.07, 6.45) is 3.41. The van der Waals surface area contributed by atoms with E-state index in [1.54, 1.807) is 24.3 Å². The first-order chi connectivity index (χ1) is 7.25. The van der Waals surface area contributed by atoms with E-state index in [1.807, 2.05) is 24.3 Å². The first-order valence-electron chi connectivity index (χ1n) is 4.44. The van der Waals surface area contributed by atoms with Gasteiger partial charge in [-0.15, -0.1) is 11.8 Å². The minimum Gasteiger partial charge on any atom is -0.472 e. The highest BCUT2D eigenvalue weighted by atomic mass is 35.5. The van der Waals surface area contributed by atoms with Crippen molar-refractivity contribution in [2.75, 3.05) is 5.73 Å². The molecule has 0 aliphatic rings. The fraction of sp³-hybridized carbons (Fsp3) is 0.0909. The van der Waals surface area contributed by atoms with E-state index in [1.165, 1.54) is 0 Å². The summed E-state index contributed by atoms with van der Waals surface area (Å²) in [7, 11) is 0. The standard InChI is InChI=1S/C11H10ClNOS/c12-10-5-9(1-2-11(10)13)15-7-8-3-4-14-6-8/h1-6H,7,13H2. The predicted molar refractivity (Wildman–Crippen MR) is 64.1 cm³/mol. The molecule has 2 N–H and O–H groups in total. The number of furan rings is 1. The molecule has 15 heavy (non-hydrogen) atoms. The van der Waals surface area contributed by atoms with Gasteiger partial charge in [0.05, 0.1) is 23.2 Å². The van der Waals surface area contributed by atoms with Crippen LogP contribution in [0.4, 0.5) is 5.69 Å². The van der Waals surface area contributed by atoms with E-state index in [4.69, 9.17) is 21.8 Å². The Bertz CT molecular complexity index is 442. The molecular formula is C11H10ClNOS. The second-order valence-corrected chi connectivity index (χ2v) is 4.56. The second kappa shape index (κ2) is 4.64. The van der Waals surface area contributed by atoms with Gasteiger partial charge in [-0.2, -0.15) is 0 Å². The third-order valence-electron chi connectivity index (χ3n) is 1.96. The number of thioether (sulfide) groups is 1. The maximum atomic E-state index is 5.92. The van der Waals surface area contributed by atoms with Crippen LogP contribution in [0.5, 0.6) is 0 Å². The lowest BCUT2D eigenvalue weighted by Crippen LogP contribution is -1.85. The van der Waals surface area contributed by atoms with Crippen molar-refractivity contribution in [1.82, 2.24) is 0 Å². The Balaban J connectivity index is 2.02. The first-order valence-corrected chi connectivity index (χ1v) is 5.81. The molecule has 0 amide bonds. The fourth-order valence-corrected chi connectivity index (χ4v) is 2.25. The van der Waals surface area contributed by atoms with Gasteiger partial charge in [-0.1, -0.05) is 11.6 Å². The fourth-order valence-electron chi connectivity index (χ4n) is 1.14. The molecule has 2 rings (SSSR count). The largest absolute Gasteiger partial charge is 0.472 e. The molecule has 4 heteroatoms. The van der Waals surface area contributed by atoms with Crippen molar-refractivity contribution in [2.45, 2.75) is 10.6 Å². The molecule has 1 heterocycles. The van der Waals surface area contributed by atoms with Crippen LogP contribution >= 0.6 is 23.4 Å². The number of nitrogens with two attached hydrogens (primary N) is 1. The van der Waals surface area contributed by atoms with Crippen LogP contribution in [-0.2, 0) is 5.75 Å². The third-order valence-corrected chi connectivity index (χ3v) is 3.35. The number of rotatable bonds is 3. The Hall–Kier alpha value is -1.06. The molecule has 0 aliphatic heterocycles. The molecule has 2 nitrogen and oxygen atoms in total. The summed E-state index contributed by atoms with van der Waals surface area (Å²) in [5.74, 6) is 0.872. The molecule has 0 radical (unpaired) electrons. The van der Waals surface area contributed by atoms with Crippen molar-refractivity contribution < 1.29 is 4.42 Å². The lowest BCUT2D eigenvalue weighted by Gasteiger charge is -2.02. The highest BCUT2D eigenvalue weighted by Gasteiger charge is 2.00. The summed E-state index contributed by atoms with van der Waals surface area (Å²) in [6, 6.07) is 7.61. The second-order valence-electron chi connectivity index (χ2n) is 3.10. The Morgan fingerprint density at radius 1 is 1.33 bits per heavy atom. The minimum absolute atomic E-state index is 0.604. The Kier molecular flexibility index (Phi) is 3.23. The number of anilines is 1. The van der Waals surface area contributed by atoms with Crippen LogP contribution in [0.2, 0.25) is 5.02 Å². The van der Waals surface area contributed by atoms with Gasteiger partial charge in [0.2, 0.25) is 0 Å². The smallest absolute Gasteiger partial charge is 0.0943 e. The topological polar surface area (TPSA) is 39.2 Å². The molecule has 1 aromatic heterocycles. The van der Waals surface area contributed by atoms with Crippen LogP contribution in [0.3, 0.4) is 0 Å². The average molecular weight is 240 g/mol. The average Bonchev–Trinajstić information content (AvgIpc) is 2.73. The van der Waals surface area contributed by atoms with Crippen molar-refractivity contribution >= 4 is 29.1 Å². The van der Waals surface area contributed by atoms with Gasteiger partial charge in [0, 0.05) is 16.2 Å². The molecule has 0 saturated heterocycles. The van der Waals surface area contributed by atoms with Crippen molar-refractivity contribution in [2.24, 2.45) is 0 Å². The highest BCUT2D eigenvalue weighted by molar-refractivity contribution is 7.98. The van der Waals surface area contributed by atoms with Crippen molar-refractivity contribution in [3.63, 3.8) is 0 Å². The number of nitrogen functional groups attached to an aromatic ring is 1. The monoisotopic (exact) mass is 239 g/mol. The number of halogens is 1. The Labute approximate surface area is 97.4 Å². The molecule has 0 saturated carbocycles. The maximum Gasteiger partial charge on any atom is 0.0943 e. The van der Waals surface area contributed by atoms with Crippen molar-refractivity contribution in [3.05, 3.63) is 47.4 Å². The molecule has 78 valence electrons. The third kappa shape index (κ3) is 2.70. The van der Waals surface area contributed by atoms with Crippen LogP contribution in [0.1, 0.15) is 5.56 Å². The molecule has 1 aromatic carbocycles. The molecule has 2 aromatic rings. The lowest BCUT2D eigenvalue weighted by atomic mass is 10.3. The van der Waals surface area contributed by atoms with E-state index in [9.17, 15) is 0 Å². The van der Waals surface area contributed by atoms with E-state index in [-0.39, 0.29) is 0 Å². The summed E-state index contributed by atoms with van der Waals surface area (Å²) >= 11 is 7.62. The van der Waals surface area contributed by atoms with Crippen LogP contribution < -0.4 is 5.73 Å². The van der Waals surface area contributed by atoms with Crippen LogP contribution in [0.25, 0.3) is 0 Å². The zero-order chi connectivity index (χ0) is 10.7. The summed E-state index contributed by atoms with van der Waals surface area (Å²) < 4.78 is 4.99. The Morgan fingerprint density at radius 2 is 2.20 bits per heavy atom. The van der Waals surface area contributed by atoms with Gasteiger partial charge in [-0.25, -0.2) is 0 Å². The van der Waals surface area contributed by atoms with Crippen LogP contribution in [0, 0.1) is 0 Å². The summed E-state index contributed by atoms with van der Waals surface area (Å²) in [6.45, 7) is 0. The van der Waals surface area contributed by atoms with Gasteiger partial charge in [0.1, 0.15) is 0 Å². The van der Waals surface area contributed by atoms with E-state index in [2.05, 4.69) is 0 Å². The van der Waals surface area contributed by atoms with Gasteiger partial charge in [0.25, 0.3) is 0 Å².